The third-order valence-corrected chi connectivity index (χ3v) is 4.18. The summed E-state index contributed by atoms with van der Waals surface area (Å²) in [6.07, 6.45) is 0.0806. The maximum Gasteiger partial charge on any atom is 0.407 e. The van der Waals surface area contributed by atoms with E-state index in [1.165, 1.54) is 0 Å². The lowest BCUT2D eigenvalue weighted by Crippen LogP contribution is -2.34. The number of carbonyl (C=O) groups is 3. The third-order valence-electron chi connectivity index (χ3n) is 4.18. The second-order valence-corrected chi connectivity index (χ2v) is 9.00. The van der Waals surface area contributed by atoms with Gasteiger partial charge in [-0.2, -0.15) is 0 Å². The Morgan fingerprint density at radius 1 is 0.585 bits per heavy atom. The summed E-state index contributed by atoms with van der Waals surface area (Å²) in [4.78, 5) is 33.3. The molecule has 1 amide bonds. The molecule has 0 unspecified atom stereocenters. The number of nitrogens with one attached hydrogen (secondary N) is 1. The molecule has 14 nitrogen and oxygen atoms in total. The van der Waals surface area contributed by atoms with Gasteiger partial charge in [-0.05, 0) is 34.6 Å². The van der Waals surface area contributed by atoms with E-state index in [4.69, 9.17) is 48.4 Å². The number of rotatable bonds is 25. The molecule has 0 saturated carbocycles. The molecule has 3 N–H and O–H groups in total. The second kappa shape index (κ2) is 30.9. The Hall–Kier alpha value is -2.07. The van der Waals surface area contributed by atoms with Gasteiger partial charge in [-0.15, -0.1) is 0 Å². The highest BCUT2D eigenvalue weighted by Crippen LogP contribution is 2.06. The zero-order chi connectivity index (χ0) is 31.0. The molecule has 0 aliphatic rings. The van der Waals surface area contributed by atoms with Gasteiger partial charge in [0.15, 0.2) is 0 Å². The first-order valence-electron chi connectivity index (χ1n) is 14.1. The predicted octanol–water partition coefficient (Wildman–Crippen LogP) is 1.46. The van der Waals surface area contributed by atoms with E-state index in [-0.39, 0.29) is 24.8 Å². The molecule has 0 fully saturated rings. The largest absolute Gasteiger partial charge is 0.466 e. The summed E-state index contributed by atoms with van der Waals surface area (Å²) in [5.74, 6) is -0.490. The smallest absolute Gasteiger partial charge is 0.407 e. The van der Waals surface area contributed by atoms with Crippen LogP contribution < -0.4 is 11.1 Å². The number of nitrogens with two attached hydrogens (primary N) is 1. The van der Waals surface area contributed by atoms with Crippen LogP contribution in [-0.2, 0) is 52.2 Å². The van der Waals surface area contributed by atoms with Crippen LogP contribution in [0.5, 0.6) is 0 Å². The zero-order valence-electron chi connectivity index (χ0n) is 25.7. The number of carbonyl (C=O) groups excluding carboxylic acids is 3. The molecule has 0 radical (unpaired) electrons. The minimum absolute atomic E-state index is 0.233. The van der Waals surface area contributed by atoms with Crippen LogP contribution in [-0.4, -0.2) is 129 Å². The van der Waals surface area contributed by atoms with Crippen LogP contribution in [0.15, 0.2) is 0 Å². The monoisotopic (exact) mass is 598 g/mol. The number of amides is 1. The summed E-state index contributed by atoms with van der Waals surface area (Å²) < 4.78 is 46.0. The van der Waals surface area contributed by atoms with Gasteiger partial charge in [0.1, 0.15) is 5.60 Å². The Balaban J connectivity index is 0. The number of hydrogen-bond donors (Lipinski definition) is 2. The van der Waals surface area contributed by atoms with E-state index >= 15 is 0 Å². The molecule has 0 aromatic rings. The molecule has 0 aliphatic carbocycles. The van der Waals surface area contributed by atoms with E-state index in [2.05, 4.69) is 5.32 Å². The van der Waals surface area contributed by atoms with Gasteiger partial charge in [0.2, 0.25) is 0 Å². The molecule has 0 spiro atoms. The van der Waals surface area contributed by atoms with Gasteiger partial charge in [-0.1, -0.05) is 0 Å². The highest BCUT2D eigenvalue weighted by molar-refractivity contribution is 5.69. The molecule has 0 aliphatic heterocycles. The highest BCUT2D eigenvalue weighted by atomic mass is 16.6. The van der Waals surface area contributed by atoms with Crippen LogP contribution in [0.4, 0.5) is 4.79 Å². The van der Waals surface area contributed by atoms with Crippen molar-refractivity contribution in [2.45, 2.75) is 53.1 Å². The van der Waals surface area contributed by atoms with E-state index in [0.717, 1.165) is 0 Å². The van der Waals surface area contributed by atoms with Gasteiger partial charge < -0.3 is 53.7 Å². The van der Waals surface area contributed by atoms with E-state index in [0.29, 0.717) is 106 Å². The van der Waals surface area contributed by atoms with Crippen LogP contribution >= 0.6 is 0 Å². The van der Waals surface area contributed by atoms with Crippen molar-refractivity contribution < 1.29 is 57.0 Å². The number of ether oxygens (including phenoxy) is 9. The first-order chi connectivity index (χ1) is 19.7. The van der Waals surface area contributed by atoms with Gasteiger partial charge in [-0.3, -0.25) is 9.59 Å². The van der Waals surface area contributed by atoms with Crippen molar-refractivity contribution in [3.05, 3.63) is 0 Å². The topological polar surface area (TPSA) is 172 Å². The molecule has 0 bridgehead atoms. The molecule has 0 rings (SSSR count). The van der Waals surface area contributed by atoms with Gasteiger partial charge in [0.25, 0.3) is 0 Å². The molecule has 0 saturated heterocycles. The third kappa shape index (κ3) is 37.9. The van der Waals surface area contributed by atoms with Crippen molar-refractivity contribution in [3.8, 4) is 0 Å². The maximum absolute atomic E-state index is 11.3. The van der Waals surface area contributed by atoms with Crippen LogP contribution in [0.3, 0.4) is 0 Å². The molecular formula is C27H54N2O12. The average molecular weight is 599 g/mol. The molecule has 41 heavy (non-hydrogen) atoms. The minimum Gasteiger partial charge on any atom is -0.466 e. The minimum atomic E-state index is -0.503. The van der Waals surface area contributed by atoms with Gasteiger partial charge >= 0.3 is 18.0 Å². The lowest BCUT2D eigenvalue weighted by atomic mass is 10.2. The highest BCUT2D eigenvalue weighted by Gasteiger charge is 2.15. The normalized spacial score (nSPS) is 10.9. The van der Waals surface area contributed by atoms with E-state index in [1.807, 2.05) is 0 Å². The van der Waals surface area contributed by atoms with Gasteiger partial charge in [0, 0.05) is 13.1 Å². The van der Waals surface area contributed by atoms with Crippen molar-refractivity contribution in [2.75, 3.05) is 106 Å². The summed E-state index contributed by atoms with van der Waals surface area (Å²) >= 11 is 0. The Morgan fingerprint density at radius 2 is 0.951 bits per heavy atom. The van der Waals surface area contributed by atoms with Crippen molar-refractivity contribution in [2.24, 2.45) is 5.73 Å². The van der Waals surface area contributed by atoms with E-state index < -0.39 is 11.7 Å². The van der Waals surface area contributed by atoms with Crippen molar-refractivity contribution in [1.82, 2.24) is 5.32 Å². The molecular weight excluding hydrogens is 544 g/mol. The fourth-order valence-corrected chi connectivity index (χ4v) is 2.48. The first-order valence-corrected chi connectivity index (χ1v) is 14.1. The summed E-state index contributed by atoms with van der Waals surface area (Å²) in [6.45, 7) is 16.0. The summed E-state index contributed by atoms with van der Waals surface area (Å²) in [5.41, 5.74) is 4.74. The average Bonchev–Trinajstić information content (AvgIpc) is 2.90. The number of esters is 2. The molecule has 14 heteroatoms. The fourth-order valence-electron chi connectivity index (χ4n) is 2.48. The molecule has 0 atom stereocenters. The Morgan fingerprint density at radius 3 is 1.32 bits per heavy atom. The van der Waals surface area contributed by atoms with Crippen LogP contribution in [0, 0.1) is 0 Å². The summed E-state index contributed by atoms with van der Waals surface area (Å²) in [5, 5.41) is 2.60. The Bertz CT molecular complexity index is 618. The zero-order valence-corrected chi connectivity index (χ0v) is 25.7. The lowest BCUT2D eigenvalue weighted by Gasteiger charge is -2.19. The fraction of sp³-hybridized carbons (Fsp3) is 0.889. The van der Waals surface area contributed by atoms with Crippen molar-refractivity contribution in [1.29, 1.82) is 0 Å². The van der Waals surface area contributed by atoms with Crippen LogP contribution in [0.1, 0.15) is 47.5 Å². The van der Waals surface area contributed by atoms with Gasteiger partial charge in [-0.25, -0.2) is 4.79 Å². The standard InChI is InChI=1S/C16H31NO7.C11H23NO5/c1-5-23-14(18)6-8-20-10-12-22-13-11-21-9-7-17-15(19)24-16(2,3)4;1-2-17-11(13)3-5-14-7-9-16-10-8-15-6-4-12/h5-13H2,1-4H3,(H,17,19);2-10,12H2,1H3. The maximum atomic E-state index is 11.3. The molecule has 244 valence electrons. The summed E-state index contributed by atoms with van der Waals surface area (Å²) in [7, 11) is 0. The SMILES string of the molecule is CCOC(=O)CCOCCOCCOCCN.CCOC(=O)CCOCCOCCOCCNC(=O)OC(C)(C)C. The molecule has 0 aromatic heterocycles. The lowest BCUT2D eigenvalue weighted by molar-refractivity contribution is -0.145. The van der Waals surface area contributed by atoms with Gasteiger partial charge in [0.05, 0.1) is 105 Å². The first kappa shape index (κ1) is 41.1. The molecule has 0 heterocycles. The van der Waals surface area contributed by atoms with Crippen LogP contribution in [0.25, 0.3) is 0 Å². The predicted molar refractivity (Wildman–Crippen MR) is 151 cm³/mol. The Labute approximate surface area is 245 Å². The second-order valence-electron chi connectivity index (χ2n) is 9.00. The van der Waals surface area contributed by atoms with E-state index in [1.54, 1.807) is 34.6 Å². The van der Waals surface area contributed by atoms with E-state index in [9.17, 15) is 14.4 Å². The quantitative estimate of drug-likeness (QED) is 0.0879. The Kier molecular flexibility index (Phi) is 30.9. The van der Waals surface area contributed by atoms with Crippen molar-refractivity contribution >= 4 is 18.0 Å². The van der Waals surface area contributed by atoms with Crippen molar-refractivity contribution in [3.63, 3.8) is 0 Å². The van der Waals surface area contributed by atoms with Crippen LogP contribution in [0.2, 0.25) is 0 Å². The summed E-state index contributed by atoms with van der Waals surface area (Å²) in [6, 6.07) is 0. The number of alkyl carbamates (subject to hydrolysis) is 1. The molecule has 0 aromatic carbocycles. The number of hydrogen-bond acceptors (Lipinski definition) is 13.